The van der Waals surface area contributed by atoms with Crippen LogP contribution in [0.1, 0.15) is 39.5 Å². The van der Waals surface area contributed by atoms with E-state index in [2.05, 4.69) is 26.2 Å². The van der Waals surface area contributed by atoms with Gasteiger partial charge in [-0.25, -0.2) is 0 Å². The molecule has 1 rings (SSSR count). The van der Waals surface area contributed by atoms with Crippen LogP contribution in [-0.2, 0) is 4.74 Å². The second-order valence-electron chi connectivity index (χ2n) is 4.50. The Morgan fingerprint density at radius 3 is 2.77 bits per heavy atom. The molecule has 0 aromatic rings. The summed E-state index contributed by atoms with van der Waals surface area (Å²) < 4.78 is 5.84. The minimum Gasteiger partial charge on any atom is -0.378 e. The first-order chi connectivity index (χ1) is 6.22. The molecule has 0 amide bonds. The van der Waals surface area contributed by atoms with E-state index in [0.29, 0.717) is 18.1 Å². The maximum absolute atomic E-state index is 5.84. The van der Waals surface area contributed by atoms with Crippen LogP contribution in [0.2, 0.25) is 0 Å². The maximum atomic E-state index is 5.84. The SMILES string of the molecule is CNC1CCCC(OCC(C)C)C1. The molecule has 0 saturated heterocycles. The Kier molecular flexibility index (Phi) is 4.74. The van der Waals surface area contributed by atoms with Gasteiger partial charge in [0.05, 0.1) is 6.10 Å². The third-order valence-electron chi connectivity index (χ3n) is 2.70. The van der Waals surface area contributed by atoms with Crippen molar-refractivity contribution in [1.29, 1.82) is 0 Å². The van der Waals surface area contributed by atoms with Crippen LogP contribution >= 0.6 is 0 Å². The normalized spacial score (nSPS) is 29.5. The second-order valence-corrected chi connectivity index (χ2v) is 4.50. The molecular weight excluding hydrogens is 162 g/mol. The lowest BCUT2D eigenvalue weighted by molar-refractivity contribution is 0.00658. The molecule has 1 N–H and O–H groups in total. The summed E-state index contributed by atoms with van der Waals surface area (Å²) in [5.74, 6) is 0.662. The van der Waals surface area contributed by atoms with Gasteiger partial charge in [0, 0.05) is 12.6 Å². The summed E-state index contributed by atoms with van der Waals surface area (Å²) in [4.78, 5) is 0. The summed E-state index contributed by atoms with van der Waals surface area (Å²) in [6.07, 6.45) is 5.59. The fraction of sp³-hybridized carbons (Fsp3) is 1.00. The molecule has 2 heteroatoms. The lowest BCUT2D eigenvalue weighted by Crippen LogP contribution is -2.35. The highest BCUT2D eigenvalue weighted by atomic mass is 16.5. The quantitative estimate of drug-likeness (QED) is 0.725. The molecule has 78 valence electrons. The predicted molar refractivity (Wildman–Crippen MR) is 55.9 cm³/mol. The van der Waals surface area contributed by atoms with E-state index >= 15 is 0 Å². The number of rotatable bonds is 4. The molecule has 2 nitrogen and oxygen atoms in total. The van der Waals surface area contributed by atoms with Crippen molar-refractivity contribution in [3.63, 3.8) is 0 Å². The van der Waals surface area contributed by atoms with Crippen molar-refractivity contribution >= 4 is 0 Å². The van der Waals surface area contributed by atoms with Gasteiger partial charge in [-0.15, -0.1) is 0 Å². The van der Waals surface area contributed by atoms with Crippen LogP contribution in [0.5, 0.6) is 0 Å². The number of hydrogen-bond donors (Lipinski definition) is 1. The van der Waals surface area contributed by atoms with E-state index in [1.54, 1.807) is 0 Å². The van der Waals surface area contributed by atoms with Crippen molar-refractivity contribution in [1.82, 2.24) is 5.32 Å². The van der Waals surface area contributed by atoms with Gasteiger partial charge in [0.2, 0.25) is 0 Å². The molecule has 2 unspecified atom stereocenters. The monoisotopic (exact) mass is 185 g/mol. The van der Waals surface area contributed by atoms with Gasteiger partial charge in [-0.2, -0.15) is 0 Å². The van der Waals surface area contributed by atoms with Crippen LogP contribution in [-0.4, -0.2) is 25.8 Å². The molecule has 0 aromatic heterocycles. The summed E-state index contributed by atoms with van der Waals surface area (Å²) in [5, 5.41) is 3.34. The molecule has 1 aliphatic rings. The van der Waals surface area contributed by atoms with Gasteiger partial charge >= 0.3 is 0 Å². The summed E-state index contributed by atoms with van der Waals surface area (Å²) in [6, 6.07) is 0.686. The summed E-state index contributed by atoms with van der Waals surface area (Å²) >= 11 is 0. The minimum absolute atomic E-state index is 0.508. The van der Waals surface area contributed by atoms with E-state index in [-0.39, 0.29) is 0 Å². The largest absolute Gasteiger partial charge is 0.378 e. The standard InChI is InChI=1S/C11H23NO/c1-9(2)8-13-11-6-4-5-10(7-11)12-3/h9-12H,4-8H2,1-3H3. The Morgan fingerprint density at radius 2 is 2.15 bits per heavy atom. The Bertz CT molecular complexity index is 136. The molecule has 13 heavy (non-hydrogen) atoms. The zero-order valence-electron chi connectivity index (χ0n) is 9.18. The highest BCUT2D eigenvalue weighted by Gasteiger charge is 2.21. The van der Waals surface area contributed by atoms with Crippen molar-refractivity contribution < 1.29 is 4.74 Å². The fourth-order valence-corrected chi connectivity index (χ4v) is 1.89. The van der Waals surface area contributed by atoms with Crippen molar-refractivity contribution in [3.05, 3.63) is 0 Å². The molecule has 0 aliphatic heterocycles. The van der Waals surface area contributed by atoms with Gasteiger partial charge in [0.25, 0.3) is 0 Å². The van der Waals surface area contributed by atoms with Gasteiger partial charge in [-0.3, -0.25) is 0 Å². The third kappa shape index (κ3) is 4.10. The summed E-state index contributed by atoms with van der Waals surface area (Å²) in [7, 11) is 2.05. The first kappa shape index (κ1) is 11.0. The van der Waals surface area contributed by atoms with Crippen LogP contribution in [0, 0.1) is 5.92 Å². The lowest BCUT2D eigenvalue weighted by atomic mass is 9.93. The molecule has 0 aromatic carbocycles. The smallest absolute Gasteiger partial charge is 0.0590 e. The Balaban J connectivity index is 2.18. The van der Waals surface area contributed by atoms with Crippen LogP contribution in [0.3, 0.4) is 0 Å². The van der Waals surface area contributed by atoms with E-state index in [0.717, 1.165) is 6.61 Å². The highest BCUT2D eigenvalue weighted by molar-refractivity contribution is 4.77. The van der Waals surface area contributed by atoms with Gasteiger partial charge in [0.15, 0.2) is 0 Å². The number of hydrogen-bond acceptors (Lipinski definition) is 2. The first-order valence-electron chi connectivity index (χ1n) is 5.51. The van der Waals surface area contributed by atoms with Crippen LogP contribution in [0.15, 0.2) is 0 Å². The zero-order valence-corrected chi connectivity index (χ0v) is 9.18. The average Bonchev–Trinajstić information content (AvgIpc) is 2.15. The summed E-state index contributed by atoms with van der Waals surface area (Å²) in [5.41, 5.74) is 0. The topological polar surface area (TPSA) is 21.3 Å². The van der Waals surface area contributed by atoms with E-state index < -0.39 is 0 Å². The van der Waals surface area contributed by atoms with Crippen LogP contribution in [0.25, 0.3) is 0 Å². The Hall–Kier alpha value is -0.0800. The molecule has 1 aliphatic carbocycles. The molecule has 0 heterocycles. The van der Waals surface area contributed by atoms with Gasteiger partial charge < -0.3 is 10.1 Å². The van der Waals surface area contributed by atoms with Crippen molar-refractivity contribution in [2.24, 2.45) is 5.92 Å². The summed E-state index contributed by atoms with van der Waals surface area (Å²) in [6.45, 7) is 5.33. The van der Waals surface area contributed by atoms with E-state index in [4.69, 9.17) is 4.74 Å². The lowest BCUT2D eigenvalue weighted by Gasteiger charge is -2.29. The molecule has 2 atom stereocenters. The molecule has 0 spiro atoms. The average molecular weight is 185 g/mol. The van der Waals surface area contributed by atoms with Crippen molar-refractivity contribution in [2.75, 3.05) is 13.7 Å². The van der Waals surface area contributed by atoms with E-state index in [9.17, 15) is 0 Å². The number of nitrogens with one attached hydrogen (secondary N) is 1. The molecule has 1 fully saturated rings. The molecule has 0 bridgehead atoms. The predicted octanol–water partition coefficient (Wildman–Crippen LogP) is 2.19. The number of ether oxygens (including phenoxy) is 1. The van der Waals surface area contributed by atoms with Gasteiger partial charge in [-0.05, 0) is 38.6 Å². The fourth-order valence-electron chi connectivity index (χ4n) is 1.89. The maximum Gasteiger partial charge on any atom is 0.0590 e. The second kappa shape index (κ2) is 5.61. The molecule has 1 saturated carbocycles. The van der Waals surface area contributed by atoms with Crippen molar-refractivity contribution in [2.45, 2.75) is 51.7 Å². The Labute approximate surface area is 82.0 Å². The Morgan fingerprint density at radius 1 is 1.38 bits per heavy atom. The van der Waals surface area contributed by atoms with Crippen LogP contribution < -0.4 is 5.32 Å². The van der Waals surface area contributed by atoms with Crippen molar-refractivity contribution in [3.8, 4) is 0 Å². The highest BCUT2D eigenvalue weighted by Crippen LogP contribution is 2.21. The third-order valence-corrected chi connectivity index (χ3v) is 2.70. The van der Waals surface area contributed by atoms with Crippen LogP contribution in [0.4, 0.5) is 0 Å². The van der Waals surface area contributed by atoms with Gasteiger partial charge in [0.1, 0.15) is 0 Å². The molecule has 0 radical (unpaired) electrons. The first-order valence-corrected chi connectivity index (χ1v) is 5.51. The van der Waals surface area contributed by atoms with E-state index in [1.165, 1.54) is 25.7 Å². The minimum atomic E-state index is 0.508. The zero-order chi connectivity index (χ0) is 9.68. The van der Waals surface area contributed by atoms with E-state index in [1.807, 2.05) is 0 Å². The molecular formula is C11H23NO. The van der Waals surface area contributed by atoms with Gasteiger partial charge in [-0.1, -0.05) is 13.8 Å².